The molecule has 2 aliphatic rings. The number of esters is 2. The number of benzene rings is 1. The maximum absolute atomic E-state index is 12.8. The van der Waals surface area contributed by atoms with E-state index in [1.54, 1.807) is 41.8 Å². The molecule has 2 aromatic rings. The second kappa shape index (κ2) is 7.68. The normalized spacial score (nSPS) is 23.5. The fraction of sp³-hybridized carbons (Fsp3) is 0.450. The van der Waals surface area contributed by atoms with Gasteiger partial charge in [0, 0.05) is 22.0 Å². The number of amides is 1. The van der Waals surface area contributed by atoms with Crippen molar-refractivity contribution >= 4 is 56.5 Å². The van der Waals surface area contributed by atoms with E-state index in [-0.39, 0.29) is 29.8 Å². The summed E-state index contributed by atoms with van der Waals surface area (Å²) in [5.74, 6) is -0.580. The van der Waals surface area contributed by atoms with Crippen LogP contribution in [0.3, 0.4) is 0 Å². The summed E-state index contributed by atoms with van der Waals surface area (Å²) in [6.45, 7) is 3.75. The number of halogens is 1. The number of furan rings is 1. The van der Waals surface area contributed by atoms with Gasteiger partial charge in [-0.2, -0.15) is 0 Å². The summed E-state index contributed by atoms with van der Waals surface area (Å²) in [5.41, 5.74) is 0.954. The van der Waals surface area contributed by atoms with Crippen LogP contribution in [0.2, 0.25) is 0 Å². The Morgan fingerprint density at radius 2 is 2.17 bits per heavy atom. The lowest BCUT2D eigenvalue weighted by molar-refractivity contribution is -0.154. The molecule has 0 aliphatic carbocycles. The predicted octanol–water partition coefficient (Wildman–Crippen LogP) is 3.87. The molecule has 0 spiro atoms. The molecule has 9 heteroatoms. The first kappa shape index (κ1) is 20.3. The van der Waals surface area contributed by atoms with E-state index in [0.29, 0.717) is 28.7 Å². The summed E-state index contributed by atoms with van der Waals surface area (Å²) >= 11 is 5.01. The van der Waals surface area contributed by atoms with Crippen LogP contribution in [0.5, 0.6) is 0 Å². The highest BCUT2D eigenvalue weighted by molar-refractivity contribution is 9.10. The molecule has 2 fully saturated rings. The monoisotopic (exact) mass is 481 g/mol. The zero-order valence-electron chi connectivity index (χ0n) is 16.0. The van der Waals surface area contributed by atoms with Crippen LogP contribution in [0.4, 0.5) is 0 Å². The number of hydrogen-bond acceptors (Lipinski definition) is 7. The van der Waals surface area contributed by atoms with Crippen LogP contribution >= 0.6 is 27.7 Å². The van der Waals surface area contributed by atoms with Gasteiger partial charge in [-0.05, 0) is 38.5 Å². The smallest absolute Gasteiger partial charge is 0.374 e. The van der Waals surface area contributed by atoms with Crippen molar-refractivity contribution in [2.75, 3.05) is 12.4 Å². The molecule has 0 bridgehead atoms. The third-order valence-electron chi connectivity index (χ3n) is 5.29. The maximum Gasteiger partial charge on any atom is 0.374 e. The van der Waals surface area contributed by atoms with E-state index in [1.165, 1.54) is 0 Å². The van der Waals surface area contributed by atoms with Gasteiger partial charge in [0.05, 0.1) is 17.0 Å². The second-order valence-corrected chi connectivity index (χ2v) is 9.56. The largest absolute Gasteiger partial charge is 0.460 e. The van der Waals surface area contributed by atoms with Crippen molar-refractivity contribution in [3.8, 4) is 0 Å². The Labute approximate surface area is 180 Å². The fourth-order valence-corrected chi connectivity index (χ4v) is 5.64. The maximum atomic E-state index is 12.8. The average Bonchev–Trinajstić information content (AvgIpc) is 3.31. The molecular formula is C20H20BrNO6S. The first-order valence-electron chi connectivity index (χ1n) is 9.35. The van der Waals surface area contributed by atoms with Gasteiger partial charge in [0.25, 0.3) is 0 Å². The molecule has 2 aliphatic heterocycles. The second-order valence-electron chi connectivity index (χ2n) is 7.14. The van der Waals surface area contributed by atoms with Crippen molar-refractivity contribution in [2.24, 2.45) is 0 Å². The number of fused-ring (bicyclic) bond motifs is 2. The zero-order chi connectivity index (χ0) is 20.8. The molecule has 2 atom stereocenters. The van der Waals surface area contributed by atoms with Gasteiger partial charge in [-0.15, -0.1) is 11.8 Å². The van der Waals surface area contributed by atoms with Crippen molar-refractivity contribution in [3.05, 3.63) is 34.0 Å². The van der Waals surface area contributed by atoms with Crippen LogP contribution in [-0.4, -0.2) is 46.0 Å². The number of ether oxygens (including phenoxy) is 2. The third-order valence-corrected chi connectivity index (χ3v) is 7.29. The minimum atomic E-state index is -0.615. The summed E-state index contributed by atoms with van der Waals surface area (Å²) in [7, 11) is 0. The van der Waals surface area contributed by atoms with E-state index in [1.807, 2.05) is 6.92 Å². The first-order chi connectivity index (χ1) is 13.8. The van der Waals surface area contributed by atoms with Crippen LogP contribution in [0.15, 0.2) is 27.1 Å². The Balaban J connectivity index is 1.58. The SMILES string of the molecule is CCOC(=O)c1oc2ccc(Br)cc2c1COC(=O)[C@@H]1CS[C@]2(C)CCC(=O)N12. The molecule has 2 saturated heterocycles. The van der Waals surface area contributed by atoms with Crippen molar-refractivity contribution in [3.63, 3.8) is 0 Å². The predicted molar refractivity (Wildman–Crippen MR) is 110 cm³/mol. The van der Waals surface area contributed by atoms with E-state index >= 15 is 0 Å². The van der Waals surface area contributed by atoms with E-state index in [0.717, 1.165) is 10.9 Å². The van der Waals surface area contributed by atoms with Crippen LogP contribution in [0.25, 0.3) is 11.0 Å². The molecule has 3 heterocycles. The molecule has 0 unspecified atom stereocenters. The molecule has 4 rings (SSSR count). The van der Waals surface area contributed by atoms with E-state index in [2.05, 4.69) is 15.9 Å². The number of nitrogens with zero attached hydrogens (tertiary/aromatic N) is 1. The molecule has 0 radical (unpaired) electrons. The van der Waals surface area contributed by atoms with Gasteiger partial charge in [0.15, 0.2) is 0 Å². The third kappa shape index (κ3) is 3.54. The number of carbonyl (C=O) groups is 3. The van der Waals surface area contributed by atoms with Gasteiger partial charge in [-0.3, -0.25) is 4.79 Å². The summed E-state index contributed by atoms with van der Waals surface area (Å²) in [6.07, 6.45) is 1.17. The fourth-order valence-electron chi connectivity index (χ4n) is 3.86. The number of rotatable bonds is 5. The highest BCUT2D eigenvalue weighted by Crippen LogP contribution is 2.47. The number of carbonyl (C=O) groups excluding carboxylic acids is 3. The molecule has 1 aromatic carbocycles. The molecule has 1 aromatic heterocycles. The Morgan fingerprint density at radius 3 is 2.93 bits per heavy atom. The van der Waals surface area contributed by atoms with Crippen LogP contribution in [-0.2, 0) is 25.7 Å². The summed E-state index contributed by atoms with van der Waals surface area (Å²) in [4.78, 5) is 38.7. The molecule has 29 heavy (non-hydrogen) atoms. The van der Waals surface area contributed by atoms with Gasteiger partial charge in [0.2, 0.25) is 11.7 Å². The minimum absolute atomic E-state index is 0.0237. The molecule has 0 N–H and O–H groups in total. The molecule has 154 valence electrons. The lowest BCUT2D eigenvalue weighted by Gasteiger charge is -2.29. The van der Waals surface area contributed by atoms with E-state index in [9.17, 15) is 14.4 Å². The molecule has 7 nitrogen and oxygen atoms in total. The van der Waals surface area contributed by atoms with E-state index in [4.69, 9.17) is 13.9 Å². The summed E-state index contributed by atoms with van der Waals surface area (Å²) in [6, 6.07) is 4.72. The van der Waals surface area contributed by atoms with Crippen LogP contribution in [0, 0.1) is 0 Å². The van der Waals surface area contributed by atoms with Gasteiger partial charge in [-0.25, -0.2) is 9.59 Å². The number of hydrogen-bond donors (Lipinski definition) is 0. The number of thioether (sulfide) groups is 1. The highest BCUT2D eigenvalue weighted by Gasteiger charge is 2.53. The molecule has 0 saturated carbocycles. The van der Waals surface area contributed by atoms with Crippen LogP contribution in [0.1, 0.15) is 42.8 Å². The van der Waals surface area contributed by atoms with Crippen molar-refractivity contribution < 1.29 is 28.3 Å². The quantitative estimate of drug-likeness (QED) is 0.598. The molecule has 1 amide bonds. The van der Waals surface area contributed by atoms with Gasteiger partial charge < -0.3 is 18.8 Å². The average molecular weight is 482 g/mol. The van der Waals surface area contributed by atoms with Crippen molar-refractivity contribution in [1.82, 2.24) is 4.90 Å². The standard InChI is InChI=1S/C20H20BrNO6S/c1-3-26-19(25)17-13(12-8-11(21)4-5-15(12)28-17)9-27-18(24)14-10-29-20(2)7-6-16(23)22(14)20/h4-5,8,14H,3,6-7,9-10H2,1-2H3/t14-,20+/m0/s1. The zero-order valence-corrected chi connectivity index (χ0v) is 18.4. The summed E-state index contributed by atoms with van der Waals surface area (Å²) in [5, 5.41) is 0.665. The lowest BCUT2D eigenvalue weighted by Crippen LogP contribution is -2.46. The van der Waals surface area contributed by atoms with Gasteiger partial charge in [0.1, 0.15) is 18.2 Å². The Bertz CT molecular complexity index is 1000. The first-order valence-corrected chi connectivity index (χ1v) is 11.1. The Kier molecular flexibility index (Phi) is 5.37. The Morgan fingerprint density at radius 1 is 1.38 bits per heavy atom. The molecular weight excluding hydrogens is 462 g/mol. The van der Waals surface area contributed by atoms with Crippen LogP contribution < -0.4 is 0 Å². The van der Waals surface area contributed by atoms with Crippen molar-refractivity contribution in [1.29, 1.82) is 0 Å². The topological polar surface area (TPSA) is 86.0 Å². The Hall–Kier alpha value is -2.00. The van der Waals surface area contributed by atoms with Crippen molar-refractivity contribution in [2.45, 2.75) is 44.2 Å². The minimum Gasteiger partial charge on any atom is -0.460 e. The van der Waals surface area contributed by atoms with Gasteiger partial charge in [-0.1, -0.05) is 15.9 Å². The summed E-state index contributed by atoms with van der Waals surface area (Å²) < 4.78 is 17.1. The highest BCUT2D eigenvalue weighted by atomic mass is 79.9. The lowest BCUT2D eigenvalue weighted by atomic mass is 10.1. The van der Waals surface area contributed by atoms with Gasteiger partial charge >= 0.3 is 11.9 Å². The van der Waals surface area contributed by atoms with E-state index < -0.39 is 18.0 Å².